The normalized spacial score (nSPS) is 10.8. The van der Waals surface area contributed by atoms with Gasteiger partial charge in [-0.05, 0) is 18.5 Å². The van der Waals surface area contributed by atoms with E-state index in [9.17, 15) is 8.78 Å². The second kappa shape index (κ2) is 6.55. The summed E-state index contributed by atoms with van der Waals surface area (Å²) < 4.78 is 28.1. The third kappa shape index (κ3) is 4.67. The highest BCUT2D eigenvalue weighted by Crippen LogP contribution is 2.11. The molecule has 0 aliphatic heterocycles. The van der Waals surface area contributed by atoms with Crippen LogP contribution in [-0.2, 0) is 4.74 Å². The zero-order valence-electron chi connectivity index (χ0n) is 8.71. The van der Waals surface area contributed by atoms with Gasteiger partial charge in [0.2, 0.25) is 5.28 Å². The summed E-state index contributed by atoms with van der Waals surface area (Å²) in [4.78, 5) is 7.74. The fourth-order valence-electron chi connectivity index (χ4n) is 1.01. The monoisotopic (exact) mass is 251 g/mol. The molecule has 0 fully saturated rings. The van der Waals surface area contributed by atoms with Crippen molar-refractivity contribution >= 4 is 17.4 Å². The number of aromatic nitrogens is 2. The highest BCUT2D eigenvalue weighted by Gasteiger charge is 2.03. The zero-order chi connectivity index (χ0) is 12.0. The Morgan fingerprint density at radius 3 is 3.00 bits per heavy atom. The Labute approximate surface area is 97.0 Å². The van der Waals surface area contributed by atoms with Crippen molar-refractivity contribution < 1.29 is 13.5 Å². The van der Waals surface area contributed by atoms with Crippen LogP contribution in [0.15, 0.2) is 6.20 Å². The van der Waals surface area contributed by atoms with Crippen LogP contribution in [0.4, 0.5) is 14.6 Å². The predicted octanol–water partition coefficient (Wildman–Crippen LogP) is 2.13. The predicted molar refractivity (Wildman–Crippen MR) is 57.1 cm³/mol. The number of hydrogen-bond acceptors (Lipinski definition) is 4. The molecule has 0 spiro atoms. The number of nitrogens with zero attached hydrogens (tertiary/aromatic N) is 2. The van der Waals surface area contributed by atoms with Crippen LogP contribution in [0.3, 0.4) is 0 Å². The summed E-state index contributed by atoms with van der Waals surface area (Å²) in [6.45, 7) is 1.84. The Hall–Kier alpha value is -1.01. The minimum absolute atomic E-state index is 0.140. The summed E-state index contributed by atoms with van der Waals surface area (Å²) >= 11 is 5.61. The Balaban J connectivity index is 2.29. The molecule has 0 unspecified atom stereocenters. The molecule has 0 aliphatic rings. The third-order valence-electron chi connectivity index (χ3n) is 1.72. The summed E-state index contributed by atoms with van der Waals surface area (Å²) in [7, 11) is 0. The van der Waals surface area contributed by atoms with E-state index in [-0.39, 0.29) is 11.9 Å². The van der Waals surface area contributed by atoms with E-state index in [0.29, 0.717) is 12.4 Å². The van der Waals surface area contributed by atoms with E-state index >= 15 is 0 Å². The van der Waals surface area contributed by atoms with E-state index in [4.69, 9.17) is 16.3 Å². The van der Waals surface area contributed by atoms with Gasteiger partial charge in [-0.2, -0.15) is 0 Å². The van der Waals surface area contributed by atoms with Crippen LogP contribution in [0.2, 0.25) is 5.28 Å². The summed E-state index contributed by atoms with van der Waals surface area (Å²) in [5.74, 6) is 0.584. The first-order valence-electron chi connectivity index (χ1n) is 4.68. The van der Waals surface area contributed by atoms with Crippen molar-refractivity contribution in [2.75, 3.05) is 25.1 Å². The minimum Gasteiger partial charge on any atom is -0.374 e. The highest BCUT2D eigenvalue weighted by molar-refractivity contribution is 6.28. The van der Waals surface area contributed by atoms with E-state index in [1.807, 2.05) is 6.92 Å². The van der Waals surface area contributed by atoms with Gasteiger partial charge in [-0.1, -0.05) is 0 Å². The van der Waals surface area contributed by atoms with Gasteiger partial charge in [-0.3, -0.25) is 0 Å². The molecule has 0 radical (unpaired) electrons. The molecule has 0 atom stereocenters. The quantitative estimate of drug-likeness (QED) is 0.622. The maximum atomic E-state index is 11.7. The maximum Gasteiger partial charge on any atom is 0.261 e. The summed E-state index contributed by atoms with van der Waals surface area (Å²) in [5, 5.41) is 3.06. The molecular formula is C9H12ClF2N3O. The number of nitrogens with one attached hydrogen (secondary N) is 1. The summed E-state index contributed by atoms with van der Waals surface area (Å²) in [6.07, 6.45) is -0.854. The number of rotatable bonds is 6. The Morgan fingerprint density at radius 2 is 2.31 bits per heavy atom. The molecular weight excluding hydrogens is 240 g/mol. The molecule has 1 aromatic rings. The van der Waals surface area contributed by atoms with E-state index in [1.54, 1.807) is 6.20 Å². The van der Waals surface area contributed by atoms with Gasteiger partial charge in [-0.25, -0.2) is 18.7 Å². The van der Waals surface area contributed by atoms with Gasteiger partial charge in [0.15, 0.2) is 0 Å². The first-order chi connectivity index (χ1) is 7.59. The number of halogens is 3. The topological polar surface area (TPSA) is 47.0 Å². The van der Waals surface area contributed by atoms with Gasteiger partial charge in [0, 0.05) is 18.3 Å². The van der Waals surface area contributed by atoms with Crippen molar-refractivity contribution in [3.63, 3.8) is 0 Å². The molecule has 0 aliphatic carbocycles. The van der Waals surface area contributed by atoms with Crippen molar-refractivity contribution in [3.05, 3.63) is 17.0 Å². The molecule has 1 rings (SSSR count). The molecule has 1 N–H and O–H groups in total. The lowest BCUT2D eigenvalue weighted by Crippen LogP contribution is -2.14. The molecule has 90 valence electrons. The second-order valence-electron chi connectivity index (χ2n) is 3.06. The minimum atomic E-state index is -2.43. The van der Waals surface area contributed by atoms with Gasteiger partial charge < -0.3 is 10.1 Å². The lowest BCUT2D eigenvalue weighted by atomic mass is 10.3. The maximum absolute atomic E-state index is 11.7. The summed E-state index contributed by atoms with van der Waals surface area (Å²) in [5.41, 5.74) is 0.832. The molecule has 0 saturated heterocycles. The average molecular weight is 252 g/mol. The molecule has 16 heavy (non-hydrogen) atoms. The smallest absolute Gasteiger partial charge is 0.261 e. The van der Waals surface area contributed by atoms with Crippen molar-refractivity contribution in [3.8, 4) is 0 Å². The molecule has 0 aromatic carbocycles. The van der Waals surface area contributed by atoms with E-state index < -0.39 is 13.0 Å². The molecule has 1 heterocycles. The fourth-order valence-corrected chi connectivity index (χ4v) is 1.15. The molecule has 0 amide bonds. The zero-order valence-corrected chi connectivity index (χ0v) is 9.47. The van der Waals surface area contributed by atoms with Crippen LogP contribution in [0.1, 0.15) is 5.56 Å². The Kier molecular flexibility index (Phi) is 5.34. The largest absolute Gasteiger partial charge is 0.374 e. The van der Waals surface area contributed by atoms with E-state index in [2.05, 4.69) is 15.3 Å². The number of alkyl halides is 2. The molecule has 0 saturated carbocycles. The average Bonchev–Trinajstić information content (AvgIpc) is 2.22. The number of hydrogen-bond donors (Lipinski definition) is 1. The van der Waals surface area contributed by atoms with Crippen LogP contribution in [0.25, 0.3) is 0 Å². The Morgan fingerprint density at radius 1 is 1.56 bits per heavy atom. The van der Waals surface area contributed by atoms with E-state index in [1.165, 1.54) is 0 Å². The van der Waals surface area contributed by atoms with Crippen LogP contribution >= 0.6 is 11.6 Å². The second-order valence-corrected chi connectivity index (χ2v) is 3.40. The van der Waals surface area contributed by atoms with Crippen molar-refractivity contribution in [2.45, 2.75) is 13.3 Å². The standard InChI is InChI=1S/C9H12ClF2N3O/c1-6-4-14-9(10)15-8(6)13-2-3-16-5-7(11)12/h4,7H,2-3,5H2,1H3,(H,13,14,15). The molecule has 4 nitrogen and oxygen atoms in total. The van der Waals surface area contributed by atoms with Crippen molar-refractivity contribution in [1.82, 2.24) is 9.97 Å². The first-order valence-corrected chi connectivity index (χ1v) is 5.06. The lowest BCUT2D eigenvalue weighted by Gasteiger charge is -2.08. The fraction of sp³-hybridized carbons (Fsp3) is 0.556. The SMILES string of the molecule is Cc1cnc(Cl)nc1NCCOCC(F)F. The van der Waals surface area contributed by atoms with E-state index in [0.717, 1.165) is 5.56 Å². The van der Waals surface area contributed by atoms with Gasteiger partial charge in [-0.15, -0.1) is 0 Å². The number of anilines is 1. The van der Waals surface area contributed by atoms with Crippen molar-refractivity contribution in [2.24, 2.45) is 0 Å². The van der Waals surface area contributed by atoms with Crippen LogP contribution < -0.4 is 5.32 Å². The van der Waals surface area contributed by atoms with Gasteiger partial charge in [0.05, 0.1) is 6.61 Å². The van der Waals surface area contributed by atoms with Gasteiger partial charge >= 0.3 is 0 Å². The Bertz CT molecular complexity index is 339. The van der Waals surface area contributed by atoms with Crippen LogP contribution in [0, 0.1) is 6.92 Å². The highest BCUT2D eigenvalue weighted by atomic mass is 35.5. The third-order valence-corrected chi connectivity index (χ3v) is 1.91. The van der Waals surface area contributed by atoms with Crippen molar-refractivity contribution in [1.29, 1.82) is 0 Å². The first kappa shape index (κ1) is 13.1. The summed E-state index contributed by atoms with van der Waals surface area (Å²) in [6, 6.07) is 0. The number of aryl methyl sites for hydroxylation is 1. The molecule has 1 aromatic heterocycles. The van der Waals surface area contributed by atoms with Crippen LogP contribution in [-0.4, -0.2) is 36.2 Å². The molecule has 7 heteroatoms. The van der Waals surface area contributed by atoms with Gasteiger partial charge in [0.25, 0.3) is 6.43 Å². The van der Waals surface area contributed by atoms with Crippen LogP contribution in [0.5, 0.6) is 0 Å². The van der Waals surface area contributed by atoms with Gasteiger partial charge in [0.1, 0.15) is 12.4 Å². The lowest BCUT2D eigenvalue weighted by molar-refractivity contribution is 0.0214. The number of ether oxygens (including phenoxy) is 1. The molecule has 0 bridgehead atoms.